The molecule has 2 saturated carbocycles. The van der Waals surface area contributed by atoms with Crippen molar-refractivity contribution in [2.45, 2.75) is 69.4 Å². The number of nitrogens with one attached hydrogen (secondary N) is 1. The van der Waals surface area contributed by atoms with E-state index in [2.05, 4.69) is 10.2 Å². The van der Waals surface area contributed by atoms with Crippen LogP contribution >= 0.6 is 0 Å². The molecule has 0 radical (unpaired) electrons. The Hall–Kier alpha value is -0.120. The van der Waals surface area contributed by atoms with Gasteiger partial charge in [0.05, 0.1) is 6.61 Å². The molecule has 2 unspecified atom stereocenters. The number of piperidine rings is 1. The fraction of sp³-hybridized carbons (Fsp3) is 1.00. The largest absolute Gasteiger partial charge is 0.394 e. The monoisotopic (exact) mass is 266 g/mol. The molecule has 0 aromatic rings. The number of aliphatic hydroxyl groups excluding tert-OH is 1. The summed E-state index contributed by atoms with van der Waals surface area (Å²) in [7, 11) is 0. The fourth-order valence-corrected chi connectivity index (χ4v) is 4.16. The highest BCUT2D eigenvalue weighted by molar-refractivity contribution is 5.03. The lowest BCUT2D eigenvalue weighted by atomic mass is 9.84. The van der Waals surface area contributed by atoms with E-state index in [1.165, 1.54) is 77.4 Å². The van der Waals surface area contributed by atoms with Crippen LogP contribution in [0.15, 0.2) is 0 Å². The topological polar surface area (TPSA) is 35.5 Å². The normalized spacial score (nSPS) is 36.8. The average Bonchev–Trinajstić information content (AvgIpc) is 3.17. The molecule has 0 bridgehead atoms. The summed E-state index contributed by atoms with van der Waals surface area (Å²) in [6.45, 7) is 4.19. The molecule has 0 spiro atoms. The van der Waals surface area contributed by atoms with Crippen molar-refractivity contribution >= 4 is 0 Å². The lowest BCUT2D eigenvalue weighted by Gasteiger charge is -2.37. The van der Waals surface area contributed by atoms with Gasteiger partial charge in [-0.1, -0.05) is 12.8 Å². The Morgan fingerprint density at radius 1 is 1.05 bits per heavy atom. The molecule has 110 valence electrons. The van der Waals surface area contributed by atoms with Gasteiger partial charge in [0.25, 0.3) is 0 Å². The molecule has 2 aliphatic carbocycles. The van der Waals surface area contributed by atoms with Crippen molar-refractivity contribution in [2.75, 3.05) is 26.2 Å². The second-order valence-corrected chi connectivity index (χ2v) is 7.01. The number of nitrogens with zero attached hydrogens (tertiary/aromatic N) is 1. The molecule has 2 atom stereocenters. The van der Waals surface area contributed by atoms with Gasteiger partial charge in [-0.15, -0.1) is 0 Å². The first-order valence-electron chi connectivity index (χ1n) is 8.43. The maximum atomic E-state index is 9.92. The second-order valence-electron chi connectivity index (χ2n) is 7.01. The maximum absolute atomic E-state index is 9.92. The lowest BCUT2D eigenvalue weighted by molar-refractivity contribution is 0.106. The van der Waals surface area contributed by atoms with E-state index in [0.717, 1.165) is 0 Å². The smallest absolute Gasteiger partial charge is 0.0616 e. The maximum Gasteiger partial charge on any atom is 0.0616 e. The van der Waals surface area contributed by atoms with Crippen LogP contribution in [0.25, 0.3) is 0 Å². The van der Waals surface area contributed by atoms with Crippen molar-refractivity contribution in [1.82, 2.24) is 10.2 Å². The van der Waals surface area contributed by atoms with Gasteiger partial charge in [0.15, 0.2) is 0 Å². The van der Waals surface area contributed by atoms with Crippen LogP contribution in [-0.2, 0) is 0 Å². The van der Waals surface area contributed by atoms with Crippen LogP contribution in [0.1, 0.15) is 57.8 Å². The summed E-state index contributed by atoms with van der Waals surface area (Å²) in [5, 5.41) is 13.7. The molecule has 1 saturated heterocycles. The van der Waals surface area contributed by atoms with E-state index in [1.807, 2.05) is 0 Å². The van der Waals surface area contributed by atoms with Crippen LogP contribution in [0.4, 0.5) is 0 Å². The van der Waals surface area contributed by atoms with Crippen LogP contribution in [0.3, 0.4) is 0 Å². The summed E-state index contributed by atoms with van der Waals surface area (Å²) in [5.41, 5.74) is 0.0664. The standard InChI is InChI=1S/C16H30N2O/c19-13-16(17-15-6-7-15)9-4-5-14(16)8-12-18-10-2-1-3-11-18/h14-15,17,19H,1-13H2. The van der Waals surface area contributed by atoms with Gasteiger partial charge in [-0.3, -0.25) is 0 Å². The highest BCUT2D eigenvalue weighted by atomic mass is 16.3. The van der Waals surface area contributed by atoms with Crippen molar-refractivity contribution in [2.24, 2.45) is 5.92 Å². The van der Waals surface area contributed by atoms with Crippen LogP contribution in [0.5, 0.6) is 0 Å². The minimum atomic E-state index is 0.0664. The number of hydrogen-bond acceptors (Lipinski definition) is 3. The van der Waals surface area contributed by atoms with Gasteiger partial charge in [0.2, 0.25) is 0 Å². The van der Waals surface area contributed by atoms with E-state index in [1.54, 1.807) is 0 Å². The van der Waals surface area contributed by atoms with Crippen LogP contribution in [0.2, 0.25) is 0 Å². The van der Waals surface area contributed by atoms with Gasteiger partial charge in [0.1, 0.15) is 0 Å². The highest BCUT2D eigenvalue weighted by Crippen LogP contribution is 2.40. The van der Waals surface area contributed by atoms with Gasteiger partial charge in [-0.25, -0.2) is 0 Å². The van der Waals surface area contributed by atoms with Crippen molar-refractivity contribution in [3.05, 3.63) is 0 Å². The number of hydrogen-bond donors (Lipinski definition) is 2. The van der Waals surface area contributed by atoms with E-state index in [-0.39, 0.29) is 5.54 Å². The van der Waals surface area contributed by atoms with Crippen LogP contribution in [-0.4, -0.2) is 47.8 Å². The van der Waals surface area contributed by atoms with Gasteiger partial charge in [-0.2, -0.15) is 0 Å². The molecular weight excluding hydrogens is 236 g/mol. The zero-order valence-corrected chi connectivity index (χ0v) is 12.2. The van der Waals surface area contributed by atoms with Gasteiger partial charge in [-0.05, 0) is 70.5 Å². The Balaban J connectivity index is 1.52. The van der Waals surface area contributed by atoms with Gasteiger partial charge < -0.3 is 15.3 Å². The molecule has 3 aliphatic rings. The first kappa shape index (κ1) is 13.8. The Morgan fingerprint density at radius 3 is 2.53 bits per heavy atom. The third-order valence-corrected chi connectivity index (χ3v) is 5.55. The summed E-state index contributed by atoms with van der Waals surface area (Å²) < 4.78 is 0. The zero-order chi connectivity index (χ0) is 13.1. The number of rotatable bonds is 6. The SMILES string of the molecule is OCC1(NC2CC2)CCCC1CCN1CCCCC1. The summed E-state index contributed by atoms with van der Waals surface area (Å²) in [6.07, 6.45) is 11.9. The molecular formula is C16H30N2O. The fourth-order valence-electron chi connectivity index (χ4n) is 4.16. The van der Waals surface area contributed by atoms with E-state index in [0.29, 0.717) is 18.6 Å². The van der Waals surface area contributed by atoms with Crippen molar-refractivity contribution in [3.63, 3.8) is 0 Å². The molecule has 0 aromatic carbocycles. The van der Waals surface area contributed by atoms with E-state index < -0.39 is 0 Å². The molecule has 3 rings (SSSR count). The molecule has 2 N–H and O–H groups in total. The predicted molar refractivity (Wildman–Crippen MR) is 78.2 cm³/mol. The first-order chi connectivity index (χ1) is 9.32. The molecule has 19 heavy (non-hydrogen) atoms. The van der Waals surface area contributed by atoms with E-state index in [4.69, 9.17) is 0 Å². The van der Waals surface area contributed by atoms with E-state index >= 15 is 0 Å². The summed E-state index contributed by atoms with van der Waals surface area (Å²) in [6, 6.07) is 0.711. The first-order valence-corrected chi connectivity index (χ1v) is 8.43. The summed E-state index contributed by atoms with van der Waals surface area (Å²) >= 11 is 0. The quantitative estimate of drug-likeness (QED) is 0.773. The molecule has 1 heterocycles. The van der Waals surface area contributed by atoms with Crippen LogP contribution in [0, 0.1) is 5.92 Å². The van der Waals surface area contributed by atoms with Crippen molar-refractivity contribution < 1.29 is 5.11 Å². The summed E-state index contributed by atoms with van der Waals surface area (Å²) in [4.78, 5) is 2.64. The second kappa shape index (κ2) is 6.11. The molecule has 3 heteroatoms. The molecule has 0 amide bonds. The Kier molecular flexibility index (Phi) is 4.45. The lowest BCUT2D eigenvalue weighted by Crippen LogP contribution is -2.53. The predicted octanol–water partition coefficient (Wildman–Crippen LogP) is 2.15. The minimum absolute atomic E-state index is 0.0664. The average molecular weight is 266 g/mol. The van der Waals surface area contributed by atoms with E-state index in [9.17, 15) is 5.11 Å². The van der Waals surface area contributed by atoms with Crippen molar-refractivity contribution in [3.8, 4) is 0 Å². The minimum Gasteiger partial charge on any atom is -0.394 e. The van der Waals surface area contributed by atoms with Gasteiger partial charge in [0, 0.05) is 11.6 Å². The molecule has 3 nitrogen and oxygen atoms in total. The third-order valence-electron chi connectivity index (χ3n) is 5.55. The van der Waals surface area contributed by atoms with Gasteiger partial charge >= 0.3 is 0 Å². The van der Waals surface area contributed by atoms with Crippen LogP contribution < -0.4 is 5.32 Å². The Labute approximate surface area is 117 Å². The number of aliphatic hydroxyl groups is 1. The molecule has 1 aliphatic heterocycles. The molecule has 0 aromatic heterocycles. The molecule has 3 fully saturated rings. The third kappa shape index (κ3) is 3.32. The summed E-state index contributed by atoms with van der Waals surface area (Å²) in [5.74, 6) is 0.694. The zero-order valence-electron chi connectivity index (χ0n) is 12.2. The highest BCUT2D eigenvalue weighted by Gasteiger charge is 2.44. The Morgan fingerprint density at radius 2 is 1.84 bits per heavy atom. The number of likely N-dealkylation sites (tertiary alicyclic amines) is 1. The Bertz CT molecular complexity index is 286. The van der Waals surface area contributed by atoms with Crippen molar-refractivity contribution in [1.29, 1.82) is 0 Å².